The lowest BCUT2D eigenvalue weighted by Gasteiger charge is -2.03. The van der Waals surface area contributed by atoms with Crippen molar-refractivity contribution in [3.05, 3.63) is 41.5 Å². The van der Waals surface area contributed by atoms with Gasteiger partial charge in [0, 0.05) is 18.9 Å². The molecular formula is C12H15N5O. The van der Waals surface area contributed by atoms with Crippen molar-refractivity contribution in [1.29, 1.82) is 0 Å². The number of carbonyl (C=O) groups excluding carboxylic acids is 1. The van der Waals surface area contributed by atoms with E-state index in [4.69, 9.17) is 5.73 Å². The van der Waals surface area contributed by atoms with Crippen molar-refractivity contribution in [1.82, 2.24) is 20.5 Å². The van der Waals surface area contributed by atoms with Gasteiger partial charge in [-0.2, -0.15) is 5.10 Å². The first-order valence-corrected chi connectivity index (χ1v) is 5.72. The number of amides is 1. The molecule has 0 saturated carbocycles. The van der Waals surface area contributed by atoms with Crippen LogP contribution in [0.4, 0.5) is 5.69 Å². The predicted molar refractivity (Wildman–Crippen MR) is 67.8 cm³/mol. The number of aromatic nitrogens is 3. The average molecular weight is 245 g/mol. The molecule has 0 spiro atoms. The molecule has 2 heterocycles. The molecule has 0 fully saturated rings. The summed E-state index contributed by atoms with van der Waals surface area (Å²) >= 11 is 0. The standard InChI is InChI=1S/C12H15N5O/c1-2-9-10(13)11(17-16-9)12(18)15-7-8-3-5-14-6-4-8/h3-6H,2,7,13H2,1H3,(H,15,18)(H,16,17). The molecule has 4 N–H and O–H groups in total. The van der Waals surface area contributed by atoms with Crippen molar-refractivity contribution >= 4 is 11.6 Å². The molecule has 0 aliphatic heterocycles. The number of nitrogens with one attached hydrogen (secondary N) is 2. The summed E-state index contributed by atoms with van der Waals surface area (Å²) in [7, 11) is 0. The number of nitrogens with zero attached hydrogens (tertiary/aromatic N) is 2. The number of aromatic amines is 1. The van der Waals surface area contributed by atoms with Gasteiger partial charge in [-0.25, -0.2) is 0 Å². The number of nitrogen functional groups attached to an aromatic ring is 1. The monoisotopic (exact) mass is 245 g/mol. The van der Waals surface area contributed by atoms with Crippen LogP contribution in [0, 0.1) is 0 Å². The third-order valence-electron chi connectivity index (χ3n) is 2.65. The van der Waals surface area contributed by atoms with E-state index in [2.05, 4.69) is 20.5 Å². The van der Waals surface area contributed by atoms with Crippen LogP contribution in [0.15, 0.2) is 24.5 Å². The fourth-order valence-corrected chi connectivity index (χ4v) is 1.60. The maximum absolute atomic E-state index is 11.9. The number of nitrogens with two attached hydrogens (primary N) is 1. The molecule has 18 heavy (non-hydrogen) atoms. The van der Waals surface area contributed by atoms with Gasteiger partial charge in [0.05, 0.1) is 11.4 Å². The van der Waals surface area contributed by atoms with Crippen LogP contribution >= 0.6 is 0 Å². The Morgan fingerprint density at radius 2 is 2.17 bits per heavy atom. The van der Waals surface area contributed by atoms with Crippen molar-refractivity contribution in [2.24, 2.45) is 0 Å². The molecule has 6 heteroatoms. The second-order valence-electron chi connectivity index (χ2n) is 3.86. The summed E-state index contributed by atoms with van der Waals surface area (Å²) < 4.78 is 0. The topological polar surface area (TPSA) is 96.7 Å². The van der Waals surface area contributed by atoms with E-state index < -0.39 is 0 Å². The summed E-state index contributed by atoms with van der Waals surface area (Å²) in [6.07, 6.45) is 4.08. The first-order chi connectivity index (χ1) is 8.72. The fourth-order valence-electron chi connectivity index (χ4n) is 1.60. The number of pyridine rings is 1. The number of anilines is 1. The van der Waals surface area contributed by atoms with Gasteiger partial charge < -0.3 is 11.1 Å². The number of hydrogen-bond acceptors (Lipinski definition) is 4. The van der Waals surface area contributed by atoms with Crippen LogP contribution < -0.4 is 11.1 Å². The van der Waals surface area contributed by atoms with Crippen molar-refractivity contribution in [3.63, 3.8) is 0 Å². The van der Waals surface area contributed by atoms with Gasteiger partial charge in [-0.05, 0) is 24.1 Å². The molecule has 2 aromatic heterocycles. The first-order valence-electron chi connectivity index (χ1n) is 5.72. The lowest BCUT2D eigenvalue weighted by Crippen LogP contribution is -2.24. The highest BCUT2D eigenvalue weighted by Gasteiger charge is 2.15. The van der Waals surface area contributed by atoms with Gasteiger partial charge in [-0.3, -0.25) is 14.9 Å². The summed E-state index contributed by atoms with van der Waals surface area (Å²) in [5.41, 5.74) is 8.25. The predicted octanol–water partition coefficient (Wildman–Crippen LogP) is 0.879. The van der Waals surface area contributed by atoms with Crippen LogP contribution in [0.25, 0.3) is 0 Å². The van der Waals surface area contributed by atoms with E-state index in [1.54, 1.807) is 12.4 Å². The molecule has 0 atom stereocenters. The quantitative estimate of drug-likeness (QED) is 0.744. The third-order valence-corrected chi connectivity index (χ3v) is 2.65. The molecule has 0 saturated heterocycles. The van der Waals surface area contributed by atoms with Gasteiger partial charge in [0.1, 0.15) is 0 Å². The van der Waals surface area contributed by atoms with Crippen LogP contribution in [0.3, 0.4) is 0 Å². The normalized spacial score (nSPS) is 10.3. The largest absolute Gasteiger partial charge is 0.395 e. The van der Waals surface area contributed by atoms with Crippen LogP contribution in [0.2, 0.25) is 0 Å². The molecule has 0 bridgehead atoms. The molecule has 2 aromatic rings. The molecule has 6 nitrogen and oxygen atoms in total. The maximum Gasteiger partial charge on any atom is 0.274 e. The molecule has 0 aromatic carbocycles. The molecule has 0 aliphatic rings. The van der Waals surface area contributed by atoms with Crippen LogP contribution in [0.5, 0.6) is 0 Å². The Morgan fingerprint density at radius 1 is 1.44 bits per heavy atom. The number of H-pyrrole nitrogens is 1. The van der Waals surface area contributed by atoms with E-state index in [1.807, 2.05) is 19.1 Å². The van der Waals surface area contributed by atoms with Gasteiger partial charge in [0.2, 0.25) is 0 Å². The Bertz CT molecular complexity index is 535. The Labute approximate surface area is 105 Å². The minimum atomic E-state index is -0.278. The fraction of sp³-hybridized carbons (Fsp3) is 0.250. The molecule has 94 valence electrons. The van der Waals surface area contributed by atoms with E-state index in [9.17, 15) is 4.79 Å². The summed E-state index contributed by atoms with van der Waals surface area (Å²) in [5, 5.41) is 9.45. The van der Waals surface area contributed by atoms with E-state index in [0.29, 0.717) is 12.2 Å². The van der Waals surface area contributed by atoms with Gasteiger partial charge in [0.25, 0.3) is 5.91 Å². The van der Waals surface area contributed by atoms with Crippen molar-refractivity contribution in [2.45, 2.75) is 19.9 Å². The zero-order chi connectivity index (χ0) is 13.0. The van der Waals surface area contributed by atoms with Crippen molar-refractivity contribution in [3.8, 4) is 0 Å². The van der Waals surface area contributed by atoms with Gasteiger partial charge in [-0.1, -0.05) is 6.92 Å². The van der Waals surface area contributed by atoms with Crippen molar-refractivity contribution < 1.29 is 4.79 Å². The second-order valence-corrected chi connectivity index (χ2v) is 3.86. The van der Waals surface area contributed by atoms with Gasteiger partial charge in [0.15, 0.2) is 5.69 Å². The molecule has 0 aliphatic carbocycles. The minimum absolute atomic E-state index is 0.251. The Morgan fingerprint density at radius 3 is 2.78 bits per heavy atom. The number of hydrogen-bond donors (Lipinski definition) is 3. The third kappa shape index (κ3) is 2.48. The highest BCUT2D eigenvalue weighted by Crippen LogP contribution is 2.14. The van der Waals surface area contributed by atoms with E-state index in [1.165, 1.54) is 0 Å². The lowest BCUT2D eigenvalue weighted by molar-refractivity contribution is 0.0947. The average Bonchev–Trinajstić information content (AvgIpc) is 2.78. The zero-order valence-electron chi connectivity index (χ0n) is 10.1. The van der Waals surface area contributed by atoms with Gasteiger partial charge in [-0.15, -0.1) is 0 Å². The Kier molecular flexibility index (Phi) is 3.57. The smallest absolute Gasteiger partial charge is 0.274 e. The van der Waals surface area contributed by atoms with Crippen LogP contribution in [-0.4, -0.2) is 21.1 Å². The number of rotatable bonds is 4. The van der Waals surface area contributed by atoms with Crippen LogP contribution in [-0.2, 0) is 13.0 Å². The summed E-state index contributed by atoms with van der Waals surface area (Å²) in [5.74, 6) is -0.278. The Balaban J connectivity index is 2.02. The lowest BCUT2D eigenvalue weighted by atomic mass is 10.2. The van der Waals surface area contributed by atoms with E-state index >= 15 is 0 Å². The van der Waals surface area contributed by atoms with Gasteiger partial charge >= 0.3 is 0 Å². The molecule has 0 radical (unpaired) electrons. The van der Waals surface area contributed by atoms with Crippen LogP contribution in [0.1, 0.15) is 28.7 Å². The van der Waals surface area contributed by atoms with E-state index in [0.717, 1.165) is 17.7 Å². The SMILES string of the molecule is CCc1[nH]nc(C(=O)NCc2ccncc2)c1N. The molecule has 2 rings (SSSR count). The highest BCUT2D eigenvalue weighted by molar-refractivity contribution is 5.97. The molecule has 0 unspecified atom stereocenters. The van der Waals surface area contributed by atoms with Crippen molar-refractivity contribution in [2.75, 3.05) is 5.73 Å². The minimum Gasteiger partial charge on any atom is -0.395 e. The summed E-state index contributed by atoms with van der Waals surface area (Å²) in [6.45, 7) is 2.37. The molecular weight excluding hydrogens is 230 g/mol. The Hall–Kier alpha value is -2.37. The zero-order valence-corrected chi connectivity index (χ0v) is 10.1. The first kappa shape index (κ1) is 12.1. The number of carbonyl (C=O) groups is 1. The summed E-state index contributed by atoms with van der Waals surface area (Å²) in [6, 6.07) is 3.68. The second kappa shape index (κ2) is 5.31. The van der Waals surface area contributed by atoms with E-state index in [-0.39, 0.29) is 11.6 Å². The maximum atomic E-state index is 11.9. The summed E-state index contributed by atoms with van der Waals surface area (Å²) in [4.78, 5) is 15.8. The molecule has 1 amide bonds. The highest BCUT2D eigenvalue weighted by atomic mass is 16.1. The number of aryl methyl sites for hydroxylation is 1.